The quantitative estimate of drug-likeness (QED) is 0.433. The third-order valence-corrected chi connectivity index (χ3v) is 6.53. The first kappa shape index (κ1) is 22.1. The molecule has 0 bridgehead atoms. The van der Waals surface area contributed by atoms with Crippen molar-refractivity contribution in [2.24, 2.45) is 0 Å². The molecule has 4 heterocycles. The highest BCUT2D eigenvalue weighted by Crippen LogP contribution is 2.29. The zero-order valence-electron chi connectivity index (χ0n) is 19.9. The molecule has 0 unspecified atom stereocenters. The number of aromatic nitrogens is 5. The van der Waals surface area contributed by atoms with Gasteiger partial charge in [-0.25, -0.2) is 14.5 Å². The van der Waals surface area contributed by atoms with Gasteiger partial charge in [-0.05, 0) is 74.9 Å². The number of likely N-dealkylation sites (tertiary alicyclic amines) is 1. The number of amides is 1. The molecule has 34 heavy (non-hydrogen) atoms. The number of nitrogens with zero attached hydrogens (tertiary/aromatic N) is 6. The number of fused-ring (bicyclic) bond motifs is 1. The van der Waals surface area contributed by atoms with E-state index in [-0.39, 0.29) is 12.2 Å². The molecular weight excluding hydrogens is 428 g/mol. The van der Waals surface area contributed by atoms with Gasteiger partial charge >= 0.3 is 6.09 Å². The summed E-state index contributed by atoms with van der Waals surface area (Å²) in [6, 6.07) is 10.7. The molecule has 1 aromatic carbocycles. The van der Waals surface area contributed by atoms with E-state index < -0.39 is 0 Å². The molecule has 1 saturated heterocycles. The Morgan fingerprint density at radius 2 is 2.00 bits per heavy atom. The molecule has 0 N–H and O–H groups in total. The number of hydrogen-bond donors (Lipinski definition) is 0. The third-order valence-electron chi connectivity index (χ3n) is 6.53. The second-order valence-corrected chi connectivity index (χ2v) is 9.25. The predicted octanol–water partition coefficient (Wildman–Crippen LogP) is 4.70. The summed E-state index contributed by atoms with van der Waals surface area (Å²) in [4.78, 5) is 22.8. The van der Waals surface area contributed by atoms with Crippen molar-refractivity contribution in [3.63, 3.8) is 0 Å². The summed E-state index contributed by atoms with van der Waals surface area (Å²) >= 11 is 0. The number of pyridine rings is 1. The highest BCUT2D eigenvalue weighted by atomic mass is 16.6. The van der Waals surface area contributed by atoms with Crippen LogP contribution < -0.4 is 0 Å². The molecule has 0 radical (unpaired) electrons. The van der Waals surface area contributed by atoms with Crippen molar-refractivity contribution in [1.82, 2.24) is 29.2 Å². The van der Waals surface area contributed by atoms with Crippen LogP contribution in [-0.4, -0.2) is 54.5 Å². The number of rotatable bonds is 5. The van der Waals surface area contributed by atoms with E-state index in [1.807, 2.05) is 24.9 Å². The minimum Gasteiger partial charge on any atom is -0.447 e. The molecule has 0 aliphatic carbocycles. The fourth-order valence-corrected chi connectivity index (χ4v) is 4.66. The van der Waals surface area contributed by atoms with Gasteiger partial charge in [0.15, 0.2) is 0 Å². The van der Waals surface area contributed by atoms with Crippen molar-refractivity contribution in [3.05, 3.63) is 72.2 Å². The first-order chi connectivity index (χ1) is 16.5. The number of aryl methyl sites for hydroxylation is 1. The molecule has 176 valence electrons. The van der Waals surface area contributed by atoms with Gasteiger partial charge < -0.3 is 14.2 Å². The zero-order chi connectivity index (χ0) is 23.7. The number of carbonyl (C=O) groups is 1. The van der Waals surface area contributed by atoms with E-state index in [1.54, 1.807) is 11.0 Å². The molecule has 0 spiro atoms. The lowest BCUT2D eigenvalue weighted by molar-refractivity contribution is 0.0692. The normalized spacial score (nSPS) is 14.8. The van der Waals surface area contributed by atoms with E-state index in [0.29, 0.717) is 5.92 Å². The number of piperidine rings is 1. The van der Waals surface area contributed by atoms with Crippen molar-refractivity contribution in [2.45, 2.75) is 52.2 Å². The highest BCUT2D eigenvalue weighted by molar-refractivity contribution is 5.82. The molecule has 0 saturated carbocycles. The minimum atomic E-state index is -0.203. The average molecular weight is 459 g/mol. The highest BCUT2D eigenvalue weighted by Gasteiger charge is 2.25. The zero-order valence-corrected chi connectivity index (χ0v) is 19.9. The number of carbonyl (C=O) groups excluding carboxylic acids is 1. The Morgan fingerprint density at radius 1 is 1.18 bits per heavy atom. The van der Waals surface area contributed by atoms with Crippen LogP contribution in [0.4, 0.5) is 4.79 Å². The van der Waals surface area contributed by atoms with Crippen molar-refractivity contribution in [3.8, 4) is 5.69 Å². The van der Waals surface area contributed by atoms with Gasteiger partial charge in [-0.1, -0.05) is 6.07 Å². The Morgan fingerprint density at radius 3 is 2.71 bits per heavy atom. The SMILES string of the molecule is Cc1cc(C2CCN(C(=O)OC(C)C)CC2)cnc1Cn1ccc2cc(-n3cncn3)ccc21. The Hall–Kier alpha value is -3.68. The second kappa shape index (κ2) is 9.29. The Kier molecular flexibility index (Phi) is 6.04. The molecule has 8 nitrogen and oxygen atoms in total. The summed E-state index contributed by atoms with van der Waals surface area (Å²) in [5.74, 6) is 0.422. The van der Waals surface area contributed by atoms with E-state index >= 15 is 0 Å². The van der Waals surface area contributed by atoms with Gasteiger partial charge in [-0.15, -0.1) is 0 Å². The van der Waals surface area contributed by atoms with Gasteiger partial charge in [0.2, 0.25) is 0 Å². The molecule has 3 aromatic heterocycles. The van der Waals surface area contributed by atoms with Crippen LogP contribution in [0.25, 0.3) is 16.6 Å². The van der Waals surface area contributed by atoms with Gasteiger partial charge in [-0.3, -0.25) is 4.98 Å². The van der Waals surface area contributed by atoms with Crippen LogP contribution in [0.3, 0.4) is 0 Å². The van der Waals surface area contributed by atoms with Crippen LogP contribution in [0, 0.1) is 6.92 Å². The van der Waals surface area contributed by atoms with Crippen molar-refractivity contribution in [2.75, 3.05) is 13.1 Å². The molecule has 1 amide bonds. The largest absolute Gasteiger partial charge is 0.447 e. The summed E-state index contributed by atoms with van der Waals surface area (Å²) in [5, 5.41) is 5.37. The lowest BCUT2D eigenvalue weighted by Crippen LogP contribution is -2.39. The summed E-state index contributed by atoms with van der Waals surface area (Å²) < 4.78 is 9.33. The Balaban J connectivity index is 1.27. The maximum absolute atomic E-state index is 12.2. The predicted molar refractivity (Wildman–Crippen MR) is 130 cm³/mol. The maximum Gasteiger partial charge on any atom is 0.410 e. The van der Waals surface area contributed by atoms with Crippen LogP contribution >= 0.6 is 0 Å². The van der Waals surface area contributed by atoms with Gasteiger partial charge in [0.1, 0.15) is 12.7 Å². The van der Waals surface area contributed by atoms with Crippen LogP contribution in [0.2, 0.25) is 0 Å². The minimum absolute atomic E-state index is 0.0854. The number of ether oxygens (including phenoxy) is 1. The lowest BCUT2D eigenvalue weighted by atomic mass is 9.89. The van der Waals surface area contributed by atoms with Crippen LogP contribution in [0.5, 0.6) is 0 Å². The fraction of sp³-hybridized carbons (Fsp3) is 0.385. The molecule has 0 atom stereocenters. The van der Waals surface area contributed by atoms with Crippen molar-refractivity contribution < 1.29 is 9.53 Å². The first-order valence-electron chi connectivity index (χ1n) is 11.8. The monoisotopic (exact) mass is 458 g/mol. The molecular formula is C26H30N6O2. The molecule has 1 aliphatic rings. The smallest absolute Gasteiger partial charge is 0.410 e. The first-order valence-corrected chi connectivity index (χ1v) is 11.8. The third kappa shape index (κ3) is 4.53. The Bertz CT molecular complexity index is 1290. The van der Waals surface area contributed by atoms with E-state index in [9.17, 15) is 4.79 Å². The molecule has 8 heteroatoms. The summed E-state index contributed by atoms with van der Waals surface area (Å²) in [5.41, 5.74) is 5.67. The van der Waals surface area contributed by atoms with Crippen molar-refractivity contribution >= 4 is 17.0 Å². The number of hydrogen-bond acceptors (Lipinski definition) is 5. The Labute approximate surface area is 199 Å². The average Bonchev–Trinajstić information content (AvgIpc) is 3.50. The standard InChI is InChI=1S/C26H30N6O2/c1-18(2)34-26(33)30-9-6-20(7-10-30)22-12-19(3)24(28-14-22)15-31-11-8-21-13-23(4-5-25(21)31)32-17-27-16-29-32/h4-5,8,11-14,16-18,20H,6-7,9-10,15H2,1-3H3. The van der Waals surface area contributed by atoms with Gasteiger partial charge in [0.25, 0.3) is 0 Å². The van der Waals surface area contributed by atoms with Gasteiger partial charge in [0.05, 0.1) is 24.0 Å². The van der Waals surface area contributed by atoms with Crippen LogP contribution in [-0.2, 0) is 11.3 Å². The van der Waals surface area contributed by atoms with Crippen molar-refractivity contribution in [1.29, 1.82) is 0 Å². The van der Waals surface area contributed by atoms with Crippen LogP contribution in [0.15, 0.2) is 55.4 Å². The van der Waals surface area contributed by atoms with E-state index in [4.69, 9.17) is 9.72 Å². The maximum atomic E-state index is 12.2. The molecule has 4 aromatic rings. The van der Waals surface area contributed by atoms with E-state index in [1.165, 1.54) is 17.5 Å². The van der Waals surface area contributed by atoms with Gasteiger partial charge in [0, 0.05) is 36.4 Å². The molecule has 5 rings (SSSR count). The van der Waals surface area contributed by atoms with Gasteiger partial charge in [-0.2, -0.15) is 5.10 Å². The van der Waals surface area contributed by atoms with E-state index in [0.717, 1.165) is 54.8 Å². The second-order valence-electron chi connectivity index (χ2n) is 9.25. The molecule has 1 fully saturated rings. The van der Waals surface area contributed by atoms with E-state index in [2.05, 4.69) is 58.1 Å². The summed E-state index contributed by atoms with van der Waals surface area (Å²) in [7, 11) is 0. The molecule has 1 aliphatic heterocycles. The fourth-order valence-electron chi connectivity index (χ4n) is 4.66. The van der Waals surface area contributed by atoms with Crippen LogP contribution in [0.1, 0.15) is 49.4 Å². The summed E-state index contributed by atoms with van der Waals surface area (Å²) in [6.45, 7) is 8.07. The number of benzene rings is 1. The summed E-state index contributed by atoms with van der Waals surface area (Å²) in [6.07, 6.45) is 8.95. The lowest BCUT2D eigenvalue weighted by Gasteiger charge is -2.32. The topological polar surface area (TPSA) is 78.1 Å².